The molecule has 3 rings (SSSR count). The highest BCUT2D eigenvalue weighted by Crippen LogP contribution is 2.21. The summed E-state index contributed by atoms with van der Waals surface area (Å²) in [4.78, 5) is 32.4. The van der Waals surface area contributed by atoms with E-state index < -0.39 is 5.97 Å². The lowest BCUT2D eigenvalue weighted by atomic mass is 10.1. The van der Waals surface area contributed by atoms with Crippen LogP contribution in [0.15, 0.2) is 54.4 Å². The van der Waals surface area contributed by atoms with Crippen molar-refractivity contribution in [3.05, 3.63) is 76.1 Å². The molecule has 0 aliphatic heterocycles. The summed E-state index contributed by atoms with van der Waals surface area (Å²) in [6.45, 7) is 8.03. The fourth-order valence-corrected chi connectivity index (χ4v) is 3.66. The van der Waals surface area contributed by atoms with Crippen molar-refractivity contribution in [1.82, 2.24) is 9.88 Å². The van der Waals surface area contributed by atoms with Crippen molar-refractivity contribution in [1.29, 1.82) is 0 Å². The SMILES string of the molecule is C=CCN(Cc1cccs1)C(=O)COC(=O)c1cc(C)nc2ccc(C)cc12. The van der Waals surface area contributed by atoms with Crippen LogP contribution in [0.1, 0.15) is 26.5 Å². The van der Waals surface area contributed by atoms with Crippen LogP contribution in [0.4, 0.5) is 0 Å². The maximum absolute atomic E-state index is 12.7. The topological polar surface area (TPSA) is 59.5 Å². The number of hydrogen-bond donors (Lipinski definition) is 0. The van der Waals surface area contributed by atoms with Gasteiger partial charge in [0.25, 0.3) is 5.91 Å². The number of hydrogen-bond acceptors (Lipinski definition) is 5. The lowest BCUT2D eigenvalue weighted by Crippen LogP contribution is -2.34. The number of nitrogens with zero attached hydrogens (tertiary/aromatic N) is 2. The van der Waals surface area contributed by atoms with Gasteiger partial charge >= 0.3 is 5.97 Å². The molecule has 5 nitrogen and oxygen atoms in total. The summed E-state index contributed by atoms with van der Waals surface area (Å²) in [5.74, 6) is -0.781. The Morgan fingerprint density at radius 1 is 1.25 bits per heavy atom. The van der Waals surface area contributed by atoms with Crippen molar-refractivity contribution in [2.75, 3.05) is 13.2 Å². The van der Waals surface area contributed by atoms with Crippen LogP contribution in [0.25, 0.3) is 10.9 Å². The summed E-state index contributed by atoms with van der Waals surface area (Å²) < 4.78 is 5.35. The fourth-order valence-electron chi connectivity index (χ4n) is 2.94. The molecule has 0 unspecified atom stereocenters. The summed E-state index contributed by atoms with van der Waals surface area (Å²) >= 11 is 1.58. The second-order valence-electron chi connectivity index (χ2n) is 6.55. The van der Waals surface area contributed by atoms with Gasteiger partial charge in [-0.2, -0.15) is 0 Å². The standard InChI is InChI=1S/C22H22N2O3S/c1-4-9-24(13-17-6-5-10-28-17)21(25)14-27-22(26)19-12-16(3)23-20-8-7-15(2)11-18(19)20/h4-8,10-12H,1,9,13-14H2,2-3H3. The first-order valence-electron chi connectivity index (χ1n) is 8.94. The number of esters is 1. The summed E-state index contributed by atoms with van der Waals surface area (Å²) in [5.41, 5.74) is 2.90. The van der Waals surface area contributed by atoms with E-state index in [1.165, 1.54) is 0 Å². The van der Waals surface area contributed by atoms with Crippen LogP contribution in [0.3, 0.4) is 0 Å². The maximum atomic E-state index is 12.7. The Hall–Kier alpha value is -2.99. The van der Waals surface area contributed by atoms with Gasteiger partial charge in [-0.1, -0.05) is 23.8 Å². The third-order valence-electron chi connectivity index (χ3n) is 4.27. The van der Waals surface area contributed by atoms with Gasteiger partial charge in [-0.05, 0) is 43.5 Å². The number of carbonyl (C=O) groups excluding carboxylic acids is 2. The molecule has 0 aliphatic rings. The number of ether oxygens (including phenoxy) is 1. The predicted molar refractivity (Wildman–Crippen MR) is 111 cm³/mol. The van der Waals surface area contributed by atoms with Gasteiger partial charge in [-0.25, -0.2) is 4.79 Å². The third-order valence-corrected chi connectivity index (χ3v) is 5.13. The summed E-state index contributed by atoms with van der Waals surface area (Å²) in [6, 6.07) is 11.3. The molecular weight excluding hydrogens is 372 g/mol. The fraction of sp³-hybridized carbons (Fsp3) is 0.227. The van der Waals surface area contributed by atoms with E-state index in [0.717, 1.165) is 27.0 Å². The van der Waals surface area contributed by atoms with Crippen LogP contribution in [-0.2, 0) is 16.1 Å². The van der Waals surface area contributed by atoms with E-state index in [-0.39, 0.29) is 12.5 Å². The van der Waals surface area contributed by atoms with Crippen LogP contribution in [0, 0.1) is 13.8 Å². The lowest BCUT2D eigenvalue weighted by Gasteiger charge is -2.20. The highest BCUT2D eigenvalue weighted by atomic mass is 32.1. The van der Waals surface area contributed by atoms with Crippen LogP contribution >= 0.6 is 11.3 Å². The Labute approximate surface area is 168 Å². The zero-order valence-electron chi connectivity index (χ0n) is 16.0. The van der Waals surface area contributed by atoms with Crippen molar-refractivity contribution in [3.63, 3.8) is 0 Å². The maximum Gasteiger partial charge on any atom is 0.339 e. The molecule has 0 bridgehead atoms. The molecule has 0 saturated carbocycles. The number of aromatic nitrogens is 1. The summed E-state index contributed by atoms with van der Waals surface area (Å²) in [5, 5.41) is 2.69. The van der Waals surface area contributed by atoms with E-state index in [4.69, 9.17) is 4.74 Å². The molecule has 28 heavy (non-hydrogen) atoms. The molecule has 144 valence electrons. The van der Waals surface area contributed by atoms with Gasteiger partial charge in [0.05, 0.1) is 17.6 Å². The Kier molecular flexibility index (Phi) is 6.21. The minimum atomic E-state index is -0.524. The highest BCUT2D eigenvalue weighted by Gasteiger charge is 2.18. The predicted octanol–water partition coefficient (Wildman–Crippen LogP) is 4.28. The van der Waals surface area contributed by atoms with Gasteiger partial charge in [0, 0.05) is 22.5 Å². The van der Waals surface area contributed by atoms with E-state index in [9.17, 15) is 9.59 Å². The largest absolute Gasteiger partial charge is 0.452 e. The minimum absolute atomic E-state index is 0.257. The Morgan fingerprint density at radius 2 is 2.07 bits per heavy atom. The average molecular weight is 394 g/mol. The zero-order valence-corrected chi connectivity index (χ0v) is 16.8. The summed E-state index contributed by atoms with van der Waals surface area (Å²) in [7, 11) is 0. The van der Waals surface area contributed by atoms with Crippen LogP contribution in [-0.4, -0.2) is 34.9 Å². The smallest absolute Gasteiger partial charge is 0.339 e. The normalized spacial score (nSPS) is 10.6. The molecule has 1 amide bonds. The van der Waals surface area contributed by atoms with Gasteiger partial charge in [0.1, 0.15) is 0 Å². The Balaban J connectivity index is 1.74. The number of aryl methyl sites for hydroxylation is 2. The number of carbonyl (C=O) groups is 2. The van der Waals surface area contributed by atoms with E-state index >= 15 is 0 Å². The average Bonchev–Trinajstić information content (AvgIpc) is 3.18. The molecular formula is C22H22N2O3S. The second-order valence-corrected chi connectivity index (χ2v) is 7.58. The first-order valence-corrected chi connectivity index (χ1v) is 9.82. The number of rotatable bonds is 7. The molecule has 3 aromatic rings. The minimum Gasteiger partial charge on any atom is -0.452 e. The van der Waals surface area contributed by atoms with E-state index in [0.29, 0.717) is 18.7 Å². The lowest BCUT2D eigenvalue weighted by molar-refractivity contribution is -0.134. The molecule has 2 heterocycles. The van der Waals surface area contributed by atoms with Gasteiger partial charge in [0.15, 0.2) is 6.61 Å². The van der Waals surface area contributed by atoms with Crippen LogP contribution in [0.2, 0.25) is 0 Å². The van der Waals surface area contributed by atoms with Crippen molar-refractivity contribution in [2.24, 2.45) is 0 Å². The molecule has 0 N–H and O–H groups in total. The number of thiophene rings is 1. The van der Waals surface area contributed by atoms with E-state index in [2.05, 4.69) is 11.6 Å². The van der Waals surface area contributed by atoms with Gasteiger partial charge < -0.3 is 9.64 Å². The number of benzene rings is 1. The van der Waals surface area contributed by atoms with Crippen LogP contribution < -0.4 is 0 Å². The molecule has 0 fully saturated rings. The monoisotopic (exact) mass is 394 g/mol. The highest BCUT2D eigenvalue weighted by molar-refractivity contribution is 7.09. The zero-order chi connectivity index (χ0) is 20.1. The van der Waals surface area contributed by atoms with Gasteiger partial charge in [-0.3, -0.25) is 9.78 Å². The van der Waals surface area contributed by atoms with Crippen LogP contribution in [0.5, 0.6) is 0 Å². The molecule has 0 saturated heterocycles. The first kappa shape index (κ1) is 19.8. The molecule has 1 aromatic carbocycles. The number of pyridine rings is 1. The number of fused-ring (bicyclic) bond motifs is 1. The van der Waals surface area contributed by atoms with Gasteiger partial charge in [-0.15, -0.1) is 17.9 Å². The molecule has 0 aliphatic carbocycles. The molecule has 0 radical (unpaired) electrons. The van der Waals surface area contributed by atoms with Gasteiger partial charge in [0.2, 0.25) is 0 Å². The van der Waals surface area contributed by atoms with E-state index in [1.54, 1.807) is 28.4 Å². The molecule has 6 heteroatoms. The Bertz CT molecular complexity index is 1010. The summed E-state index contributed by atoms with van der Waals surface area (Å²) in [6.07, 6.45) is 1.66. The quantitative estimate of drug-likeness (QED) is 0.443. The van der Waals surface area contributed by atoms with Crippen molar-refractivity contribution >= 4 is 34.1 Å². The third kappa shape index (κ3) is 4.64. The molecule has 2 aromatic heterocycles. The van der Waals surface area contributed by atoms with E-state index in [1.807, 2.05) is 49.6 Å². The van der Waals surface area contributed by atoms with Crippen molar-refractivity contribution in [2.45, 2.75) is 20.4 Å². The van der Waals surface area contributed by atoms with Crippen molar-refractivity contribution < 1.29 is 14.3 Å². The Morgan fingerprint density at radius 3 is 2.79 bits per heavy atom. The first-order chi connectivity index (χ1) is 13.5. The van der Waals surface area contributed by atoms with Crippen molar-refractivity contribution in [3.8, 4) is 0 Å². The molecule has 0 atom stereocenters. The molecule has 0 spiro atoms. The second kappa shape index (κ2) is 8.80. The number of amides is 1.